The molecule has 0 amide bonds. The molecule has 3 aromatic rings. The van der Waals surface area contributed by atoms with Gasteiger partial charge in [-0.15, -0.1) is 0 Å². The molecule has 0 unspecified atom stereocenters. The van der Waals surface area contributed by atoms with E-state index in [2.05, 4.69) is 4.57 Å². The molecule has 0 N–H and O–H groups in total. The number of rotatable bonds is 3. The van der Waals surface area contributed by atoms with Crippen LogP contribution in [-0.2, 0) is 9.84 Å². The zero-order valence-corrected chi connectivity index (χ0v) is 14.4. The first-order valence-corrected chi connectivity index (χ1v) is 9.38. The SMILES string of the molecule is Cc1ccc(-c2ccc(S(C)(=O)=O)cc2)n1-c1ccc(Cl)cc1. The highest BCUT2D eigenvalue weighted by atomic mass is 35.5. The molecule has 0 saturated heterocycles. The summed E-state index contributed by atoms with van der Waals surface area (Å²) in [6.07, 6.45) is 1.21. The van der Waals surface area contributed by atoms with E-state index >= 15 is 0 Å². The Morgan fingerprint density at radius 2 is 1.48 bits per heavy atom. The van der Waals surface area contributed by atoms with E-state index in [1.54, 1.807) is 12.1 Å². The number of aromatic nitrogens is 1. The van der Waals surface area contributed by atoms with Gasteiger partial charge in [-0.2, -0.15) is 0 Å². The molecule has 5 heteroatoms. The maximum Gasteiger partial charge on any atom is 0.175 e. The second kappa shape index (κ2) is 5.87. The highest BCUT2D eigenvalue weighted by Gasteiger charge is 2.11. The van der Waals surface area contributed by atoms with E-state index in [0.717, 1.165) is 22.6 Å². The van der Waals surface area contributed by atoms with Crippen LogP contribution in [-0.4, -0.2) is 19.2 Å². The van der Waals surface area contributed by atoms with Gasteiger partial charge in [-0.05, 0) is 61.0 Å². The third-order valence-corrected chi connectivity index (χ3v) is 5.12. The van der Waals surface area contributed by atoms with E-state index < -0.39 is 9.84 Å². The lowest BCUT2D eigenvalue weighted by Crippen LogP contribution is -2.00. The molecule has 23 heavy (non-hydrogen) atoms. The first-order chi connectivity index (χ1) is 10.9. The fourth-order valence-corrected chi connectivity index (χ4v) is 3.33. The molecule has 2 aromatic carbocycles. The lowest BCUT2D eigenvalue weighted by atomic mass is 10.1. The van der Waals surface area contributed by atoms with Gasteiger partial charge in [0.15, 0.2) is 9.84 Å². The van der Waals surface area contributed by atoms with Crippen LogP contribution >= 0.6 is 11.6 Å². The Morgan fingerprint density at radius 1 is 0.870 bits per heavy atom. The summed E-state index contributed by atoms with van der Waals surface area (Å²) < 4.78 is 25.3. The standard InChI is InChI=1S/C18H16ClNO2S/c1-13-3-12-18(20(13)16-8-6-15(19)7-9-16)14-4-10-17(11-5-14)23(2,21)22/h3-12H,1-2H3. The molecule has 1 aromatic heterocycles. The zero-order valence-electron chi connectivity index (χ0n) is 12.8. The summed E-state index contributed by atoms with van der Waals surface area (Å²) in [5, 5.41) is 0.692. The number of benzene rings is 2. The van der Waals surface area contributed by atoms with Gasteiger partial charge < -0.3 is 4.57 Å². The van der Waals surface area contributed by atoms with Crippen LogP contribution in [0.2, 0.25) is 5.02 Å². The van der Waals surface area contributed by atoms with Crippen LogP contribution in [0.1, 0.15) is 5.69 Å². The number of hydrogen-bond acceptors (Lipinski definition) is 2. The second-order valence-electron chi connectivity index (χ2n) is 5.47. The summed E-state index contributed by atoms with van der Waals surface area (Å²) in [6, 6.07) is 18.6. The van der Waals surface area contributed by atoms with Crippen LogP contribution < -0.4 is 0 Å². The second-order valence-corrected chi connectivity index (χ2v) is 7.92. The van der Waals surface area contributed by atoms with Crippen LogP contribution in [0, 0.1) is 6.92 Å². The van der Waals surface area contributed by atoms with Crippen LogP contribution in [0.5, 0.6) is 0 Å². The third-order valence-electron chi connectivity index (χ3n) is 3.74. The van der Waals surface area contributed by atoms with Gasteiger partial charge in [0.1, 0.15) is 0 Å². The molecular weight excluding hydrogens is 330 g/mol. The number of sulfone groups is 1. The summed E-state index contributed by atoms with van der Waals surface area (Å²) in [5.74, 6) is 0. The number of halogens is 1. The van der Waals surface area contributed by atoms with Gasteiger partial charge in [0, 0.05) is 22.7 Å². The average Bonchev–Trinajstić information content (AvgIpc) is 2.89. The largest absolute Gasteiger partial charge is 0.314 e. The van der Waals surface area contributed by atoms with Crippen LogP contribution in [0.4, 0.5) is 0 Å². The Bertz CT molecular complexity index is 940. The first kappa shape index (κ1) is 15.8. The van der Waals surface area contributed by atoms with Crippen molar-refractivity contribution < 1.29 is 8.42 Å². The first-order valence-electron chi connectivity index (χ1n) is 7.11. The van der Waals surface area contributed by atoms with Crippen molar-refractivity contribution in [2.45, 2.75) is 11.8 Å². The third kappa shape index (κ3) is 3.19. The normalized spacial score (nSPS) is 11.6. The van der Waals surface area contributed by atoms with Crippen LogP contribution in [0.3, 0.4) is 0 Å². The highest BCUT2D eigenvalue weighted by Crippen LogP contribution is 2.28. The molecule has 0 radical (unpaired) electrons. The minimum atomic E-state index is -3.19. The minimum Gasteiger partial charge on any atom is -0.314 e. The molecule has 1 heterocycles. The molecule has 0 spiro atoms. The van der Waals surface area contributed by atoms with Crippen molar-refractivity contribution in [2.75, 3.05) is 6.26 Å². The average molecular weight is 346 g/mol. The predicted molar refractivity (Wildman–Crippen MR) is 94.1 cm³/mol. The summed E-state index contributed by atoms with van der Waals surface area (Å²) in [6.45, 7) is 2.03. The molecular formula is C18H16ClNO2S. The molecule has 0 aliphatic carbocycles. The number of hydrogen-bond donors (Lipinski definition) is 0. The van der Waals surface area contributed by atoms with E-state index in [4.69, 9.17) is 11.6 Å². The van der Waals surface area contributed by atoms with Gasteiger partial charge in [-0.3, -0.25) is 0 Å². The molecule has 3 rings (SSSR count). The monoisotopic (exact) mass is 345 g/mol. The quantitative estimate of drug-likeness (QED) is 0.700. The summed E-state index contributed by atoms with van der Waals surface area (Å²) in [7, 11) is -3.19. The molecule has 3 nitrogen and oxygen atoms in total. The summed E-state index contributed by atoms with van der Waals surface area (Å²) >= 11 is 5.96. The molecule has 0 aliphatic heterocycles. The van der Waals surface area contributed by atoms with Gasteiger partial charge in [0.2, 0.25) is 0 Å². The molecule has 0 bridgehead atoms. The van der Waals surface area contributed by atoms with Gasteiger partial charge >= 0.3 is 0 Å². The lowest BCUT2D eigenvalue weighted by molar-refractivity contribution is 0.602. The van der Waals surface area contributed by atoms with Crippen molar-refractivity contribution in [1.29, 1.82) is 0 Å². The summed E-state index contributed by atoms with van der Waals surface area (Å²) in [5.41, 5.74) is 4.07. The maximum atomic E-state index is 11.6. The summed E-state index contributed by atoms with van der Waals surface area (Å²) in [4.78, 5) is 0.322. The highest BCUT2D eigenvalue weighted by molar-refractivity contribution is 7.90. The Morgan fingerprint density at radius 3 is 2.04 bits per heavy atom. The molecule has 118 valence electrons. The van der Waals surface area contributed by atoms with Gasteiger partial charge in [0.05, 0.1) is 10.6 Å². The Labute approximate surface area is 141 Å². The van der Waals surface area contributed by atoms with Crippen molar-refractivity contribution in [3.8, 4) is 16.9 Å². The smallest absolute Gasteiger partial charge is 0.175 e. The van der Waals surface area contributed by atoms with Gasteiger partial charge in [-0.25, -0.2) is 8.42 Å². The predicted octanol–water partition coefficient (Wildman–Crippen LogP) is 4.51. The fourth-order valence-electron chi connectivity index (χ4n) is 2.57. The Balaban J connectivity index is 2.10. The minimum absolute atomic E-state index is 0.322. The Kier molecular flexibility index (Phi) is 4.04. The maximum absolute atomic E-state index is 11.6. The van der Waals surface area contributed by atoms with Crippen LogP contribution in [0.25, 0.3) is 16.9 Å². The number of nitrogens with zero attached hydrogens (tertiary/aromatic N) is 1. The molecule has 0 saturated carbocycles. The van der Waals surface area contributed by atoms with E-state index in [1.165, 1.54) is 6.26 Å². The van der Waals surface area contributed by atoms with Crippen molar-refractivity contribution in [2.24, 2.45) is 0 Å². The lowest BCUT2D eigenvalue weighted by Gasteiger charge is -2.12. The van der Waals surface area contributed by atoms with Gasteiger partial charge in [-0.1, -0.05) is 23.7 Å². The van der Waals surface area contributed by atoms with E-state index in [-0.39, 0.29) is 0 Å². The van der Waals surface area contributed by atoms with Gasteiger partial charge in [0.25, 0.3) is 0 Å². The molecule has 0 fully saturated rings. The van der Waals surface area contributed by atoms with E-state index in [1.807, 2.05) is 55.5 Å². The van der Waals surface area contributed by atoms with Crippen molar-refractivity contribution >= 4 is 21.4 Å². The fraction of sp³-hybridized carbons (Fsp3) is 0.111. The molecule has 0 aliphatic rings. The van der Waals surface area contributed by atoms with E-state index in [0.29, 0.717) is 9.92 Å². The zero-order chi connectivity index (χ0) is 16.6. The topological polar surface area (TPSA) is 39.1 Å². The Hall–Kier alpha value is -2.04. The van der Waals surface area contributed by atoms with Crippen molar-refractivity contribution in [1.82, 2.24) is 4.57 Å². The van der Waals surface area contributed by atoms with E-state index in [9.17, 15) is 8.42 Å². The van der Waals surface area contributed by atoms with Crippen molar-refractivity contribution in [3.63, 3.8) is 0 Å². The van der Waals surface area contributed by atoms with Crippen LogP contribution in [0.15, 0.2) is 65.6 Å². The molecule has 0 atom stereocenters. The number of aryl methyl sites for hydroxylation is 1. The van der Waals surface area contributed by atoms with Crippen molar-refractivity contribution in [3.05, 3.63) is 71.4 Å².